The minimum atomic E-state index is -0.988. The number of carbonyl (C=O) groups is 1. The predicted octanol–water partition coefficient (Wildman–Crippen LogP) is -0.256. The highest BCUT2D eigenvalue weighted by Gasteiger charge is 2.14. The molecule has 1 atom stereocenters. The highest BCUT2D eigenvalue weighted by Crippen LogP contribution is 1.92. The van der Waals surface area contributed by atoms with E-state index in [-0.39, 0.29) is 0 Å². The van der Waals surface area contributed by atoms with Crippen LogP contribution in [0.25, 0.3) is 0 Å². The van der Waals surface area contributed by atoms with Crippen molar-refractivity contribution in [3.63, 3.8) is 0 Å². The van der Waals surface area contributed by atoms with Crippen molar-refractivity contribution in [3.8, 4) is 12.3 Å². The Balaban J connectivity index is 3.94. The first-order chi connectivity index (χ1) is 6.11. The normalized spacial score (nSPS) is 12.5. The Bertz CT molecular complexity index is 198. The van der Waals surface area contributed by atoms with Crippen molar-refractivity contribution in [2.45, 2.75) is 19.4 Å². The van der Waals surface area contributed by atoms with Gasteiger partial charge < -0.3 is 10.8 Å². The van der Waals surface area contributed by atoms with Gasteiger partial charge in [0, 0.05) is 6.54 Å². The van der Waals surface area contributed by atoms with Gasteiger partial charge in [0.1, 0.15) is 6.04 Å². The van der Waals surface area contributed by atoms with Gasteiger partial charge in [0.05, 0.1) is 6.54 Å². The van der Waals surface area contributed by atoms with E-state index >= 15 is 0 Å². The summed E-state index contributed by atoms with van der Waals surface area (Å²) >= 11 is 0. The number of hydrogen-bond acceptors (Lipinski definition) is 3. The Morgan fingerprint density at radius 2 is 2.38 bits per heavy atom. The third kappa shape index (κ3) is 5.23. The fourth-order valence-corrected chi connectivity index (χ4v) is 1.04. The zero-order chi connectivity index (χ0) is 10.3. The van der Waals surface area contributed by atoms with E-state index in [1.807, 2.05) is 11.8 Å². The zero-order valence-corrected chi connectivity index (χ0v) is 7.86. The van der Waals surface area contributed by atoms with Gasteiger partial charge in [-0.3, -0.25) is 9.69 Å². The Kier molecular flexibility index (Phi) is 5.94. The lowest BCUT2D eigenvalue weighted by Gasteiger charge is -2.20. The van der Waals surface area contributed by atoms with Crippen LogP contribution >= 0.6 is 0 Å². The molecule has 0 rings (SSSR count). The molecule has 0 bridgehead atoms. The molecule has 0 radical (unpaired) electrons. The lowest BCUT2D eigenvalue weighted by molar-refractivity contribution is -0.138. The maximum Gasteiger partial charge on any atom is 0.321 e. The van der Waals surface area contributed by atoms with Crippen LogP contribution < -0.4 is 5.73 Å². The summed E-state index contributed by atoms with van der Waals surface area (Å²) in [4.78, 5) is 12.3. The molecule has 0 aliphatic heterocycles. The van der Waals surface area contributed by atoms with Crippen molar-refractivity contribution >= 4 is 5.97 Å². The van der Waals surface area contributed by atoms with Gasteiger partial charge in [0.25, 0.3) is 0 Å². The number of nitrogens with zero attached hydrogens (tertiary/aromatic N) is 1. The predicted molar refractivity (Wildman–Crippen MR) is 51.2 cm³/mol. The van der Waals surface area contributed by atoms with E-state index in [0.717, 1.165) is 13.0 Å². The van der Waals surface area contributed by atoms with Crippen LogP contribution in [0.1, 0.15) is 13.3 Å². The Morgan fingerprint density at radius 3 is 2.77 bits per heavy atom. The van der Waals surface area contributed by atoms with Gasteiger partial charge in [-0.1, -0.05) is 12.8 Å². The molecule has 0 amide bonds. The molecule has 3 N–H and O–H groups in total. The fraction of sp³-hybridized carbons (Fsp3) is 0.667. The van der Waals surface area contributed by atoms with Crippen molar-refractivity contribution in [2.24, 2.45) is 5.73 Å². The average molecular weight is 184 g/mol. The summed E-state index contributed by atoms with van der Waals surface area (Å²) in [6.45, 7) is 3.56. The lowest BCUT2D eigenvalue weighted by Crippen LogP contribution is -2.43. The Hall–Kier alpha value is -1.05. The van der Waals surface area contributed by atoms with Gasteiger partial charge in [0.2, 0.25) is 0 Å². The molecule has 74 valence electrons. The number of carboxylic acid groups (broad SMARTS) is 1. The van der Waals surface area contributed by atoms with Gasteiger partial charge in [-0.05, 0) is 13.0 Å². The SMILES string of the molecule is C#CCN(CCC)CC(N)C(=O)O. The van der Waals surface area contributed by atoms with Gasteiger partial charge in [-0.25, -0.2) is 0 Å². The zero-order valence-electron chi connectivity index (χ0n) is 7.86. The maximum atomic E-state index is 10.4. The van der Waals surface area contributed by atoms with E-state index < -0.39 is 12.0 Å². The summed E-state index contributed by atoms with van der Waals surface area (Å²) in [5, 5.41) is 8.56. The van der Waals surface area contributed by atoms with Crippen molar-refractivity contribution in [1.82, 2.24) is 4.90 Å². The summed E-state index contributed by atoms with van der Waals surface area (Å²) in [7, 11) is 0. The highest BCUT2D eigenvalue weighted by atomic mass is 16.4. The summed E-state index contributed by atoms with van der Waals surface area (Å²) in [6, 6.07) is -0.847. The molecule has 0 saturated carbocycles. The van der Waals surface area contributed by atoms with Crippen LogP contribution in [0.4, 0.5) is 0 Å². The minimum Gasteiger partial charge on any atom is -0.480 e. The van der Waals surface area contributed by atoms with E-state index in [2.05, 4.69) is 5.92 Å². The van der Waals surface area contributed by atoms with Crippen LogP contribution in [0.3, 0.4) is 0 Å². The van der Waals surface area contributed by atoms with Crippen molar-refractivity contribution in [2.75, 3.05) is 19.6 Å². The number of nitrogens with two attached hydrogens (primary N) is 1. The first-order valence-corrected chi connectivity index (χ1v) is 4.26. The summed E-state index contributed by atoms with van der Waals surface area (Å²) in [5.74, 6) is 1.49. The number of hydrogen-bond donors (Lipinski definition) is 2. The van der Waals surface area contributed by atoms with Crippen LogP contribution in [-0.4, -0.2) is 41.7 Å². The quantitative estimate of drug-likeness (QED) is 0.558. The standard InChI is InChI=1S/C9H16N2O2/c1-3-5-11(6-4-2)7-8(10)9(12)13/h1,8H,4-7,10H2,2H3,(H,12,13). The molecule has 0 aromatic rings. The van der Waals surface area contributed by atoms with Gasteiger partial charge >= 0.3 is 5.97 Å². The highest BCUT2D eigenvalue weighted by molar-refractivity contribution is 5.73. The molecule has 0 aliphatic rings. The smallest absolute Gasteiger partial charge is 0.321 e. The number of rotatable bonds is 6. The van der Waals surface area contributed by atoms with E-state index in [0.29, 0.717) is 13.1 Å². The summed E-state index contributed by atoms with van der Waals surface area (Å²) in [6.07, 6.45) is 6.07. The molecular weight excluding hydrogens is 168 g/mol. The topological polar surface area (TPSA) is 66.6 Å². The second-order valence-electron chi connectivity index (χ2n) is 2.88. The summed E-state index contributed by atoms with van der Waals surface area (Å²) < 4.78 is 0. The van der Waals surface area contributed by atoms with E-state index in [1.54, 1.807) is 0 Å². The second-order valence-corrected chi connectivity index (χ2v) is 2.88. The van der Waals surface area contributed by atoms with Crippen LogP contribution in [0, 0.1) is 12.3 Å². The van der Waals surface area contributed by atoms with Crippen LogP contribution in [-0.2, 0) is 4.79 Å². The molecule has 0 fully saturated rings. The van der Waals surface area contributed by atoms with Gasteiger partial charge in [-0.2, -0.15) is 0 Å². The van der Waals surface area contributed by atoms with Crippen molar-refractivity contribution in [3.05, 3.63) is 0 Å². The molecule has 4 nitrogen and oxygen atoms in total. The molecule has 0 spiro atoms. The third-order valence-corrected chi connectivity index (χ3v) is 1.63. The molecule has 0 heterocycles. The number of carboxylic acids is 1. The lowest BCUT2D eigenvalue weighted by atomic mass is 10.2. The van der Waals surface area contributed by atoms with Crippen LogP contribution in [0.5, 0.6) is 0 Å². The molecule has 0 aliphatic carbocycles. The maximum absolute atomic E-state index is 10.4. The average Bonchev–Trinajstić information content (AvgIpc) is 2.05. The molecule has 4 heteroatoms. The molecule has 13 heavy (non-hydrogen) atoms. The molecule has 1 unspecified atom stereocenters. The van der Waals surface area contributed by atoms with E-state index in [4.69, 9.17) is 17.3 Å². The minimum absolute atomic E-state index is 0.313. The van der Waals surface area contributed by atoms with E-state index in [1.165, 1.54) is 0 Å². The molecule has 0 aromatic heterocycles. The second kappa shape index (κ2) is 6.46. The first kappa shape index (κ1) is 11.9. The largest absolute Gasteiger partial charge is 0.480 e. The fourth-order valence-electron chi connectivity index (χ4n) is 1.04. The van der Waals surface area contributed by atoms with E-state index in [9.17, 15) is 4.79 Å². The van der Waals surface area contributed by atoms with Crippen LogP contribution in [0.15, 0.2) is 0 Å². The third-order valence-electron chi connectivity index (χ3n) is 1.63. The summed E-state index contributed by atoms with van der Waals surface area (Å²) in [5.41, 5.74) is 5.37. The molecule has 0 saturated heterocycles. The monoisotopic (exact) mass is 184 g/mol. The van der Waals surface area contributed by atoms with Crippen molar-refractivity contribution < 1.29 is 9.90 Å². The number of terminal acetylenes is 1. The molecular formula is C9H16N2O2. The number of aliphatic carboxylic acids is 1. The van der Waals surface area contributed by atoms with Crippen molar-refractivity contribution in [1.29, 1.82) is 0 Å². The van der Waals surface area contributed by atoms with Gasteiger partial charge in [-0.15, -0.1) is 6.42 Å². The van der Waals surface area contributed by atoms with Gasteiger partial charge in [0.15, 0.2) is 0 Å². The Morgan fingerprint density at radius 1 is 1.77 bits per heavy atom. The van der Waals surface area contributed by atoms with Crippen LogP contribution in [0.2, 0.25) is 0 Å². The Labute approximate surface area is 78.7 Å². The first-order valence-electron chi connectivity index (χ1n) is 4.26. The molecule has 0 aromatic carbocycles.